The minimum atomic E-state index is -0.147. The second kappa shape index (κ2) is 6.13. The van der Waals surface area contributed by atoms with E-state index in [4.69, 9.17) is 11.6 Å². The van der Waals surface area contributed by atoms with Gasteiger partial charge in [-0.2, -0.15) is 0 Å². The van der Waals surface area contributed by atoms with E-state index in [1.165, 1.54) is 0 Å². The zero-order chi connectivity index (χ0) is 14.8. The number of hydrogen-bond donors (Lipinski definition) is 1. The molecular weight excluding hydrogens is 288 g/mol. The highest BCUT2D eigenvalue weighted by atomic mass is 35.5. The first-order valence-electron chi connectivity index (χ1n) is 7.20. The number of benzene rings is 1. The summed E-state index contributed by atoms with van der Waals surface area (Å²) in [6.07, 6.45) is 3.46. The van der Waals surface area contributed by atoms with Gasteiger partial charge in [-0.1, -0.05) is 22.9 Å². The highest BCUT2D eigenvalue weighted by Gasteiger charge is 2.18. The zero-order valence-electron chi connectivity index (χ0n) is 12.0. The number of aliphatic hydroxyl groups excluding tert-OH is 1. The van der Waals surface area contributed by atoms with Crippen molar-refractivity contribution in [3.05, 3.63) is 40.7 Å². The number of nitrogens with zero attached hydrogens (tertiary/aromatic N) is 4. The van der Waals surface area contributed by atoms with Crippen LogP contribution in [0.1, 0.15) is 24.1 Å². The molecule has 0 amide bonds. The molecule has 1 aromatic heterocycles. The second-order valence-electron chi connectivity index (χ2n) is 5.60. The predicted molar refractivity (Wildman–Crippen MR) is 81.6 cm³/mol. The summed E-state index contributed by atoms with van der Waals surface area (Å²) in [4.78, 5) is 2.29. The van der Waals surface area contributed by atoms with Crippen LogP contribution in [0.5, 0.6) is 0 Å². The fourth-order valence-electron chi connectivity index (χ4n) is 2.53. The Bertz CT molecular complexity index is 620. The molecule has 2 aromatic rings. The van der Waals surface area contributed by atoms with Crippen LogP contribution in [0.15, 0.2) is 24.4 Å². The van der Waals surface area contributed by atoms with E-state index in [9.17, 15) is 5.11 Å². The van der Waals surface area contributed by atoms with E-state index in [1.54, 1.807) is 4.68 Å². The lowest BCUT2D eigenvalue weighted by molar-refractivity contribution is 0.0786. The van der Waals surface area contributed by atoms with Gasteiger partial charge in [-0.05, 0) is 37.5 Å². The van der Waals surface area contributed by atoms with Crippen molar-refractivity contribution in [2.75, 3.05) is 13.1 Å². The van der Waals surface area contributed by atoms with E-state index >= 15 is 0 Å². The molecule has 1 aliphatic rings. The molecule has 1 aromatic carbocycles. The van der Waals surface area contributed by atoms with Crippen LogP contribution in [0.2, 0.25) is 5.02 Å². The van der Waals surface area contributed by atoms with Gasteiger partial charge in [0, 0.05) is 24.7 Å². The van der Waals surface area contributed by atoms with Crippen molar-refractivity contribution in [1.82, 2.24) is 19.9 Å². The highest BCUT2D eigenvalue weighted by molar-refractivity contribution is 6.31. The van der Waals surface area contributed by atoms with Crippen LogP contribution < -0.4 is 0 Å². The van der Waals surface area contributed by atoms with Gasteiger partial charge in [0.05, 0.1) is 23.7 Å². The van der Waals surface area contributed by atoms with Gasteiger partial charge in [-0.3, -0.25) is 4.90 Å². The summed E-state index contributed by atoms with van der Waals surface area (Å²) >= 11 is 6.15. The topological polar surface area (TPSA) is 54.2 Å². The summed E-state index contributed by atoms with van der Waals surface area (Å²) in [7, 11) is 0. The first-order valence-corrected chi connectivity index (χ1v) is 7.58. The molecule has 112 valence electrons. The van der Waals surface area contributed by atoms with Crippen LogP contribution in [0.4, 0.5) is 0 Å². The molecule has 0 atom stereocenters. The molecule has 1 saturated heterocycles. The van der Waals surface area contributed by atoms with Crippen molar-refractivity contribution >= 4 is 11.6 Å². The van der Waals surface area contributed by atoms with Crippen LogP contribution in [0.25, 0.3) is 5.69 Å². The van der Waals surface area contributed by atoms with Gasteiger partial charge in [-0.25, -0.2) is 4.68 Å². The molecule has 1 aliphatic heterocycles. The van der Waals surface area contributed by atoms with E-state index < -0.39 is 0 Å². The molecule has 3 rings (SSSR count). The standard InChI is InChI=1S/C15H19ClN4O/c1-11-2-3-13(8-15(11)16)20-10-12(17-18-20)9-19-6-4-14(21)5-7-19/h2-3,8,10,14,21H,4-7,9H2,1H3. The molecule has 0 aliphatic carbocycles. The third-order valence-corrected chi connectivity index (χ3v) is 4.31. The van der Waals surface area contributed by atoms with Gasteiger partial charge in [0.1, 0.15) is 0 Å². The van der Waals surface area contributed by atoms with Crippen molar-refractivity contribution in [3.8, 4) is 5.69 Å². The summed E-state index contributed by atoms with van der Waals surface area (Å²) in [6.45, 7) is 4.56. The van der Waals surface area contributed by atoms with Crippen LogP contribution in [-0.2, 0) is 6.54 Å². The molecule has 1 fully saturated rings. The smallest absolute Gasteiger partial charge is 0.0971 e. The Morgan fingerprint density at radius 3 is 2.81 bits per heavy atom. The Kier molecular flexibility index (Phi) is 4.24. The molecule has 0 spiro atoms. The number of likely N-dealkylation sites (tertiary alicyclic amines) is 1. The second-order valence-corrected chi connectivity index (χ2v) is 6.00. The molecule has 0 unspecified atom stereocenters. The van der Waals surface area contributed by atoms with Crippen molar-refractivity contribution in [1.29, 1.82) is 0 Å². The quantitative estimate of drug-likeness (QED) is 0.944. The van der Waals surface area contributed by atoms with Gasteiger partial charge in [0.25, 0.3) is 0 Å². The summed E-state index contributed by atoms with van der Waals surface area (Å²) in [5.41, 5.74) is 2.90. The van der Waals surface area contributed by atoms with Gasteiger partial charge >= 0.3 is 0 Å². The van der Waals surface area contributed by atoms with Crippen LogP contribution in [0, 0.1) is 6.92 Å². The van der Waals surface area contributed by atoms with Crippen molar-refractivity contribution in [3.63, 3.8) is 0 Å². The molecule has 5 nitrogen and oxygen atoms in total. The largest absolute Gasteiger partial charge is 0.393 e. The Labute approximate surface area is 129 Å². The highest BCUT2D eigenvalue weighted by Crippen LogP contribution is 2.19. The molecule has 0 bridgehead atoms. The van der Waals surface area contributed by atoms with Crippen molar-refractivity contribution in [2.45, 2.75) is 32.4 Å². The van der Waals surface area contributed by atoms with E-state index in [0.717, 1.165) is 54.4 Å². The Balaban J connectivity index is 1.69. The SMILES string of the molecule is Cc1ccc(-n2cc(CN3CCC(O)CC3)nn2)cc1Cl. The van der Waals surface area contributed by atoms with Crippen molar-refractivity contribution < 1.29 is 5.11 Å². The molecule has 1 N–H and O–H groups in total. The Morgan fingerprint density at radius 2 is 2.10 bits per heavy atom. The third kappa shape index (κ3) is 3.43. The maximum Gasteiger partial charge on any atom is 0.0971 e. The normalized spacial score (nSPS) is 17.3. The van der Waals surface area contributed by atoms with Gasteiger partial charge in [0.2, 0.25) is 0 Å². The predicted octanol–water partition coefficient (Wildman–Crippen LogP) is 2.19. The molecular formula is C15H19ClN4O. The lowest BCUT2D eigenvalue weighted by Crippen LogP contribution is -2.35. The Morgan fingerprint density at radius 1 is 1.33 bits per heavy atom. The number of aryl methyl sites for hydroxylation is 1. The average Bonchev–Trinajstić information content (AvgIpc) is 2.93. The van der Waals surface area contributed by atoms with Gasteiger partial charge in [-0.15, -0.1) is 5.10 Å². The maximum atomic E-state index is 9.52. The molecule has 0 saturated carbocycles. The van der Waals surface area contributed by atoms with Crippen LogP contribution in [0.3, 0.4) is 0 Å². The number of hydrogen-bond acceptors (Lipinski definition) is 4. The summed E-state index contributed by atoms with van der Waals surface area (Å²) in [5, 5.41) is 18.6. The number of aliphatic hydroxyl groups is 1. The molecule has 2 heterocycles. The van der Waals surface area contributed by atoms with E-state index in [0.29, 0.717) is 0 Å². The summed E-state index contributed by atoms with van der Waals surface area (Å²) in [6, 6.07) is 5.86. The number of halogens is 1. The van der Waals surface area contributed by atoms with E-state index in [1.807, 2.05) is 31.3 Å². The summed E-state index contributed by atoms with van der Waals surface area (Å²) in [5.74, 6) is 0. The monoisotopic (exact) mass is 306 g/mol. The molecule has 6 heteroatoms. The van der Waals surface area contributed by atoms with Crippen LogP contribution >= 0.6 is 11.6 Å². The minimum absolute atomic E-state index is 0.147. The number of aromatic nitrogens is 3. The maximum absolute atomic E-state index is 9.52. The average molecular weight is 307 g/mol. The zero-order valence-corrected chi connectivity index (χ0v) is 12.8. The minimum Gasteiger partial charge on any atom is -0.393 e. The van der Waals surface area contributed by atoms with Crippen molar-refractivity contribution in [2.24, 2.45) is 0 Å². The fourth-order valence-corrected chi connectivity index (χ4v) is 2.70. The molecule has 0 radical (unpaired) electrons. The number of piperidine rings is 1. The first-order chi connectivity index (χ1) is 10.1. The van der Waals surface area contributed by atoms with Crippen LogP contribution in [-0.4, -0.2) is 44.2 Å². The lowest BCUT2D eigenvalue weighted by atomic mass is 10.1. The Hall–Kier alpha value is -1.43. The lowest BCUT2D eigenvalue weighted by Gasteiger charge is -2.28. The van der Waals surface area contributed by atoms with E-state index in [-0.39, 0.29) is 6.10 Å². The molecule has 21 heavy (non-hydrogen) atoms. The third-order valence-electron chi connectivity index (χ3n) is 3.90. The number of rotatable bonds is 3. The van der Waals surface area contributed by atoms with Gasteiger partial charge in [0.15, 0.2) is 0 Å². The van der Waals surface area contributed by atoms with E-state index in [2.05, 4.69) is 15.2 Å². The fraction of sp³-hybridized carbons (Fsp3) is 0.467. The summed E-state index contributed by atoms with van der Waals surface area (Å²) < 4.78 is 1.75. The van der Waals surface area contributed by atoms with Gasteiger partial charge < -0.3 is 5.11 Å². The first kappa shape index (κ1) is 14.5.